The van der Waals surface area contributed by atoms with Gasteiger partial charge in [0.15, 0.2) is 0 Å². The number of aryl methyl sites for hydroxylation is 1. The fourth-order valence-corrected chi connectivity index (χ4v) is 3.11. The molecule has 1 saturated heterocycles. The lowest BCUT2D eigenvalue weighted by Crippen LogP contribution is -2.41. The van der Waals surface area contributed by atoms with Gasteiger partial charge in [-0.3, -0.25) is 4.79 Å². The first-order valence-corrected chi connectivity index (χ1v) is 8.60. The molecule has 136 valence electrons. The average Bonchev–Trinajstić information content (AvgIpc) is 2.69. The summed E-state index contributed by atoms with van der Waals surface area (Å²) < 4.78 is 4.82. The number of anilines is 2. The smallest absolute Gasteiger partial charge is 0.339 e. The van der Waals surface area contributed by atoms with E-state index in [1.165, 1.54) is 7.11 Å². The lowest BCUT2D eigenvalue weighted by Gasteiger charge is -2.32. The molecule has 1 aliphatic heterocycles. The maximum atomic E-state index is 12.8. The second-order valence-corrected chi connectivity index (χ2v) is 6.36. The molecule has 1 fully saturated rings. The van der Waals surface area contributed by atoms with Crippen LogP contribution < -0.4 is 10.2 Å². The highest BCUT2D eigenvalue weighted by Crippen LogP contribution is 2.24. The van der Waals surface area contributed by atoms with Crippen molar-refractivity contribution >= 4 is 23.5 Å². The van der Waals surface area contributed by atoms with E-state index in [4.69, 9.17) is 4.74 Å². The van der Waals surface area contributed by atoms with E-state index >= 15 is 0 Å². The van der Waals surface area contributed by atoms with E-state index in [0.717, 1.165) is 24.9 Å². The number of rotatable bonds is 4. The third-order valence-corrected chi connectivity index (χ3v) is 4.47. The van der Waals surface area contributed by atoms with Gasteiger partial charge in [0.1, 0.15) is 0 Å². The van der Waals surface area contributed by atoms with E-state index < -0.39 is 5.97 Å². The summed E-state index contributed by atoms with van der Waals surface area (Å²) in [6.07, 6.45) is 5.06. The number of nitrogens with one attached hydrogen (secondary N) is 1. The molecule has 1 aromatic carbocycles. The van der Waals surface area contributed by atoms with Gasteiger partial charge >= 0.3 is 5.97 Å². The van der Waals surface area contributed by atoms with Gasteiger partial charge in [-0.25, -0.2) is 14.8 Å². The topological polar surface area (TPSA) is 84.4 Å². The van der Waals surface area contributed by atoms with Crippen LogP contribution in [0.1, 0.15) is 28.8 Å². The molecule has 2 heterocycles. The number of aromatic nitrogens is 2. The van der Waals surface area contributed by atoms with Crippen LogP contribution >= 0.6 is 0 Å². The first-order chi connectivity index (χ1) is 12.6. The number of hydrogen-bond acceptors (Lipinski definition) is 6. The van der Waals surface area contributed by atoms with Crippen molar-refractivity contribution in [2.45, 2.75) is 19.8 Å². The molecule has 0 bridgehead atoms. The van der Waals surface area contributed by atoms with Gasteiger partial charge in [0, 0.05) is 25.5 Å². The first-order valence-electron chi connectivity index (χ1n) is 8.60. The van der Waals surface area contributed by atoms with Crippen LogP contribution in [-0.4, -0.2) is 42.0 Å². The Balaban J connectivity index is 1.73. The highest BCUT2D eigenvalue weighted by molar-refractivity contribution is 6.02. The van der Waals surface area contributed by atoms with Gasteiger partial charge in [-0.2, -0.15) is 0 Å². The third-order valence-electron chi connectivity index (χ3n) is 4.47. The number of esters is 1. The Labute approximate surface area is 152 Å². The molecular formula is C19H22N4O3. The van der Waals surface area contributed by atoms with Gasteiger partial charge in [-0.05, 0) is 38.0 Å². The van der Waals surface area contributed by atoms with Crippen LogP contribution in [0, 0.1) is 12.8 Å². The molecule has 1 unspecified atom stereocenters. The fourth-order valence-electron chi connectivity index (χ4n) is 3.11. The predicted molar refractivity (Wildman–Crippen MR) is 98.1 cm³/mol. The van der Waals surface area contributed by atoms with Crippen molar-refractivity contribution in [2.24, 2.45) is 5.92 Å². The largest absolute Gasteiger partial charge is 0.465 e. The molecule has 0 saturated carbocycles. The van der Waals surface area contributed by atoms with E-state index in [0.29, 0.717) is 23.7 Å². The van der Waals surface area contributed by atoms with E-state index in [1.807, 2.05) is 17.9 Å². The Kier molecular flexibility index (Phi) is 5.46. The summed E-state index contributed by atoms with van der Waals surface area (Å²) >= 11 is 0. The molecule has 0 spiro atoms. The SMILES string of the molecule is COC(=O)c1cc(C)ccc1NC(=O)C1CCCN(c2ncccn2)C1. The summed E-state index contributed by atoms with van der Waals surface area (Å²) in [6.45, 7) is 3.26. The standard InChI is InChI=1S/C19H22N4O3/c1-13-6-7-16(15(11-13)18(25)26-2)22-17(24)14-5-3-10-23(12-14)19-20-8-4-9-21-19/h4,6-9,11,14H,3,5,10,12H2,1-2H3,(H,22,24). The normalized spacial score (nSPS) is 16.8. The van der Waals surface area contributed by atoms with E-state index in [1.54, 1.807) is 30.6 Å². The van der Waals surface area contributed by atoms with Gasteiger partial charge < -0.3 is 15.0 Å². The molecule has 26 heavy (non-hydrogen) atoms. The van der Waals surface area contributed by atoms with Gasteiger partial charge in [0.2, 0.25) is 11.9 Å². The van der Waals surface area contributed by atoms with Crippen molar-refractivity contribution in [1.29, 1.82) is 0 Å². The fraction of sp³-hybridized carbons (Fsp3) is 0.368. The number of amides is 1. The van der Waals surface area contributed by atoms with Crippen LogP contribution in [0.2, 0.25) is 0 Å². The molecule has 2 aromatic rings. The van der Waals surface area contributed by atoms with Crippen LogP contribution in [0.5, 0.6) is 0 Å². The summed E-state index contributed by atoms with van der Waals surface area (Å²) in [7, 11) is 1.33. The van der Waals surface area contributed by atoms with Crippen LogP contribution in [0.4, 0.5) is 11.6 Å². The Morgan fingerprint density at radius 2 is 2.04 bits per heavy atom. The monoisotopic (exact) mass is 354 g/mol. The van der Waals surface area contributed by atoms with E-state index in [9.17, 15) is 9.59 Å². The summed E-state index contributed by atoms with van der Waals surface area (Å²) in [6, 6.07) is 7.07. The Morgan fingerprint density at radius 1 is 1.27 bits per heavy atom. The number of methoxy groups -OCH3 is 1. The molecule has 3 rings (SSSR count). The summed E-state index contributed by atoms with van der Waals surface area (Å²) in [5.74, 6) is -0.137. The first kappa shape index (κ1) is 17.8. The highest BCUT2D eigenvalue weighted by Gasteiger charge is 2.28. The van der Waals surface area contributed by atoms with Gasteiger partial charge in [-0.15, -0.1) is 0 Å². The molecule has 1 aliphatic rings. The van der Waals surface area contributed by atoms with E-state index in [2.05, 4.69) is 15.3 Å². The minimum Gasteiger partial charge on any atom is -0.465 e. The van der Waals surface area contributed by atoms with Gasteiger partial charge in [0.05, 0.1) is 24.3 Å². The number of benzene rings is 1. The minimum atomic E-state index is -0.466. The zero-order valence-electron chi connectivity index (χ0n) is 14.9. The van der Waals surface area contributed by atoms with Crippen molar-refractivity contribution in [1.82, 2.24) is 9.97 Å². The molecule has 1 N–H and O–H groups in total. The maximum absolute atomic E-state index is 12.8. The quantitative estimate of drug-likeness (QED) is 0.849. The molecule has 0 aliphatic carbocycles. The summed E-state index contributed by atoms with van der Waals surface area (Å²) in [4.78, 5) is 35.3. The zero-order valence-corrected chi connectivity index (χ0v) is 14.9. The van der Waals surface area contributed by atoms with Crippen molar-refractivity contribution in [3.63, 3.8) is 0 Å². The maximum Gasteiger partial charge on any atom is 0.339 e. The molecule has 0 radical (unpaired) electrons. The van der Waals surface area contributed by atoms with Crippen molar-refractivity contribution < 1.29 is 14.3 Å². The van der Waals surface area contributed by atoms with Crippen molar-refractivity contribution in [2.75, 3.05) is 30.4 Å². The molecular weight excluding hydrogens is 332 g/mol. The second-order valence-electron chi connectivity index (χ2n) is 6.36. The zero-order chi connectivity index (χ0) is 18.5. The Morgan fingerprint density at radius 3 is 2.77 bits per heavy atom. The molecule has 1 atom stereocenters. The summed E-state index contributed by atoms with van der Waals surface area (Å²) in [5.41, 5.74) is 1.76. The Hall–Kier alpha value is -2.96. The molecule has 7 heteroatoms. The van der Waals surface area contributed by atoms with Crippen LogP contribution in [-0.2, 0) is 9.53 Å². The lowest BCUT2D eigenvalue weighted by molar-refractivity contribution is -0.120. The number of piperidine rings is 1. The average molecular weight is 354 g/mol. The number of nitrogens with zero attached hydrogens (tertiary/aromatic N) is 3. The van der Waals surface area contributed by atoms with Gasteiger partial charge in [0.25, 0.3) is 0 Å². The third kappa shape index (κ3) is 3.99. The van der Waals surface area contributed by atoms with Crippen LogP contribution in [0.15, 0.2) is 36.7 Å². The number of ether oxygens (including phenoxy) is 1. The predicted octanol–water partition coefficient (Wildman–Crippen LogP) is 2.43. The van der Waals surface area contributed by atoms with Crippen LogP contribution in [0.3, 0.4) is 0 Å². The Bertz CT molecular complexity index is 795. The number of carbonyl (C=O) groups is 2. The van der Waals surface area contributed by atoms with Gasteiger partial charge in [-0.1, -0.05) is 11.6 Å². The minimum absolute atomic E-state index is 0.111. The molecule has 1 aromatic heterocycles. The number of hydrogen-bond donors (Lipinski definition) is 1. The summed E-state index contributed by atoms with van der Waals surface area (Å²) in [5, 5.41) is 2.89. The van der Waals surface area contributed by atoms with Crippen molar-refractivity contribution in [3.05, 3.63) is 47.8 Å². The van der Waals surface area contributed by atoms with E-state index in [-0.39, 0.29) is 11.8 Å². The molecule has 1 amide bonds. The highest BCUT2D eigenvalue weighted by atomic mass is 16.5. The number of carbonyl (C=O) groups excluding carboxylic acids is 2. The van der Waals surface area contributed by atoms with Crippen molar-refractivity contribution in [3.8, 4) is 0 Å². The van der Waals surface area contributed by atoms with Crippen LogP contribution in [0.25, 0.3) is 0 Å². The molecule has 7 nitrogen and oxygen atoms in total. The lowest BCUT2D eigenvalue weighted by atomic mass is 9.97. The second kappa shape index (κ2) is 7.95.